The van der Waals surface area contributed by atoms with Gasteiger partial charge in [0.1, 0.15) is 18.7 Å². The highest BCUT2D eigenvalue weighted by molar-refractivity contribution is 6.55. The van der Waals surface area contributed by atoms with Gasteiger partial charge in [-0.25, -0.2) is 4.79 Å². The van der Waals surface area contributed by atoms with Gasteiger partial charge in [0.25, 0.3) is 0 Å². The lowest BCUT2D eigenvalue weighted by atomic mass is 9.98. The number of nitrogens with two attached hydrogens (primary N) is 1. The fourth-order valence-electron chi connectivity index (χ4n) is 5.58. The zero-order valence-electron chi connectivity index (χ0n) is 33.1. The number of likely N-dealkylation sites (tertiary alicyclic amines) is 1. The molecule has 17 nitrogen and oxygen atoms in total. The van der Waals surface area contributed by atoms with Gasteiger partial charge in [-0.05, 0) is 77.0 Å². The zero-order valence-corrected chi connectivity index (χ0v) is 33.1. The van der Waals surface area contributed by atoms with E-state index in [1.807, 2.05) is 27.7 Å². The van der Waals surface area contributed by atoms with Crippen molar-refractivity contribution in [3.8, 4) is 0 Å². The number of imide groups is 1. The number of nitrogens with one attached hydrogen (secondary N) is 5. The van der Waals surface area contributed by atoms with Crippen molar-refractivity contribution < 1.29 is 47.8 Å². The van der Waals surface area contributed by atoms with E-state index >= 15 is 0 Å². The van der Waals surface area contributed by atoms with Crippen LogP contribution in [0.2, 0.25) is 0 Å². The summed E-state index contributed by atoms with van der Waals surface area (Å²) in [7, 11) is 1.31. The topological polar surface area (TPSA) is 244 Å². The Labute approximate surface area is 323 Å². The normalized spacial score (nSPS) is 14.2. The number of anilines is 1. The van der Waals surface area contributed by atoms with Crippen LogP contribution in [0.5, 0.6) is 0 Å². The van der Waals surface area contributed by atoms with Crippen molar-refractivity contribution in [2.24, 2.45) is 11.7 Å². The molecule has 55 heavy (non-hydrogen) atoms. The summed E-state index contributed by atoms with van der Waals surface area (Å²) in [6, 6.07) is 3.97. The van der Waals surface area contributed by atoms with Gasteiger partial charge >= 0.3 is 6.03 Å². The van der Waals surface area contributed by atoms with Gasteiger partial charge in [0, 0.05) is 56.6 Å². The molecule has 0 radical (unpaired) electrons. The van der Waals surface area contributed by atoms with Gasteiger partial charge in [0.15, 0.2) is 0 Å². The van der Waals surface area contributed by atoms with Crippen molar-refractivity contribution in [3.05, 3.63) is 29.8 Å². The number of rotatable bonds is 23. The molecule has 304 valence electrons. The minimum atomic E-state index is -1.01. The van der Waals surface area contributed by atoms with Crippen LogP contribution in [-0.4, -0.2) is 103 Å². The first-order valence-electron chi connectivity index (χ1n) is 18.6. The molecule has 1 unspecified atom stereocenters. The Morgan fingerprint density at radius 3 is 2.11 bits per heavy atom. The predicted molar refractivity (Wildman–Crippen MR) is 206 cm³/mol. The van der Waals surface area contributed by atoms with Gasteiger partial charge in [-0.2, -0.15) is 0 Å². The Morgan fingerprint density at radius 1 is 0.891 bits per heavy atom. The van der Waals surface area contributed by atoms with Gasteiger partial charge in [-0.15, -0.1) is 0 Å². The highest BCUT2D eigenvalue weighted by Crippen LogP contribution is 2.20. The van der Waals surface area contributed by atoms with Gasteiger partial charge < -0.3 is 41.8 Å². The second kappa shape index (κ2) is 21.8. The minimum absolute atomic E-state index is 0.00965. The molecule has 1 aliphatic heterocycles. The first-order valence-corrected chi connectivity index (χ1v) is 18.6. The summed E-state index contributed by atoms with van der Waals surface area (Å²) in [5.41, 5.74) is 4.97. The van der Waals surface area contributed by atoms with Crippen LogP contribution >= 0.6 is 0 Å². The van der Waals surface area contributed by atoms with Gasteiger partial charge in [-0.1, -0.05) is 26.0 Å². The van der Waals surface area contributed by atoms with Gasteiger partial charge in [0.2, 0.25) is 49.2 Å². The molecule has 0 saturated carbocycles. The summed E-state index contributed by atoms with van der Waals surface area (Å²) in [4.78, 5) is 99.5. The molecule has 1 saturated heterocycles. The van der Waals surface area contributed by atoms with Crippen molar-refractivity contribution in [3.63, 3.8) is 0 Å². The second-order valence-corrected chi connectivity index (χ2v) is 15.2. The van der Waals surface area contributed by atoms with Crippen LogP contribution < -0.4 is 32.3 Å². The summed E-state index contributed by atoms with van der Waals surface area (Å²) in [6.45, 7) is 11.5. The van der Waals surface area contributed by atoms with Crippen molar-refractivity contribution in [2.75, 3.05) is 25.0 Å². The molecule has 0 aromatic heterocycles. The average Bonchev–Trinajstić information content (AvgIpc) is 3.41. The molecule has 7 N–H and O–H groups in total. The third-order valence-corrected chi connectivity index (χ3v) is 8.90. The maximum atomic E-state index is 13.5. The number of ether oxygens (including phenoxy) is 2. The van der Waals surface area contributed by atoms with E-state index in [1.54, 1.807) is 38.1 Å². The van der Waals surface area contributed by atoms with E-state index in [-0.39, 0.29) is 88.0 Å². The van der Waals surface area contributed by atoms with E-state index < -0.39 is 46.9 Å². The zero-order chi connectivity index (χ0) is 41.3. The van der Waals surface area contributed by atoms with E-state index in [0.717, 1.165) is 10.5 Å². The molecule has 1 fully saturated rings. The molecular formula is C37H58BN7O10. The monoisotopic (exact) mass is 771 g/mol. The number of carbonyl (C=O) groups excluding carboxylic acids is 8. The molecule has 1 aromatic carbocycles. The molecule has 8 amide bonds. The molecule has 0 bridgehead atoms. The van der Waals surface area contributed by atoms with Crippen LogP contribution in [0.15, 0.2) is 24.3 Å². The Bertz CT molecular complexity index is 1520. The van der Waals surface area contributed by atoms with Crippen molar-refractivity contribution in [1.82, 2.24) is 26.2 Å². The summed E-state index contributed by atoms with van der Waals surface area (Å²) in [5.74, 6) is -3.00. The first-order chi connectivity index (χ1) is 25.7. The molecule has 0 spiro atoms. The standard InChI is InChI=1S/C37H58BN7O10/c1-23(2)31(33(51)42-26(8-7-19-40-35(39)53)32(50)41-25-11-9-24(10-12-25)22-54-34(38)52)43-27(46)15-17-37(5,6)55-21-18-36(3,4)44-28(47)16-20-45-29(48)13-14-30(45)49/h9-12,23,26,31H,7-8,13-22,38H2,1-6H3,(H,41,50)(H,42,51)(H,43,46)(H,44,47)(H3,39,40,53)/t26-,31?/m0/s1. The summed E-state index contributed by atoms with van der Waals surface area (Å²) >= 11 is 0. The van der Waals surface area contributed by atoms with Gasteiger partial charge in [0.05, 0.1) is 5.60 Å². The molecule has 0 aliphatic carbocycles. The summed E-state index contributed by atoms with van der Waals surface area (Å²) < 4.78 is 11.1. The second-order valence-electron chi connectivity index (χ2n) is 15.2. The third-order valence-electron chi connectivity index (χ3n) is 8.90. The maximum absolute atomic E-state index is 13.5. The van der Waals surface area contributed by atoms with E-state index in [9.17, 15) is 38.4 Å². The van der Waals surface area contributed by atoms with E-state index in [0.29, 0.717) is 24.9 Å². The number of amides is 8. The Kier molecular flexibility index (Phi) is 18.3. The number of urea groups is 1. The van der Waals surface area contributed by atoms with Crippen LogP contribution in [0.25, 0.3) is 0 Å². The maximum Gasteiger partial charge on any atom is 0.312 e. The number of primary amides is 1. The molecule has 1 heterocycles. The molecule has 1 aliphatic rings. The average molecular weight is 772 g/mol. The largest absolute Gasteiger partial charge is 0.469 e. The highest BCUT2D eigenvalue weighted by Gasteiger charge is 2.31. The van der Waals surface area contributed by atoms with Crippen molar-refractivity contribution >= 4 is 60.9 Å². The summed E-state index contributed by atoms with van der Waals surface area (Å²) in [6.07, 6.45) is 1.68. The quantitative estimate of drug-likeness (QED) is 0.0530. The lowest BCUT2D eigenvalue weighted by Gasteiger charge is -2.30. The van der Waals surface area contributed by atoms with Crippen molar-refractivity contribution in [2.45, 2.75) is 123 Å². The lowest BCUT2D eigenvalue weighted by molar-refractivity contribution is -0.138. The molecule has 1 aromatic rings. The smallest absolute Gasteiger partial charge is 0.312 e. The Hall–Kier alpha value is -5.00. The van der Waals surface area contributed by atoms with Gasteiger partial charge in [-0.3, -0.25) is 38.5 Å². The van der Waals surface area contributed by atoms with Crippen LogP contribution in [0.3, 0.4) is 0 Å². The van der Waals surface area contributed by atoms with E-state index in [4.69, 9.17) is 15.2 Å². The Morgan fingerprint density at radius 2 is 1.53 bits per heavy atom. The van der Waals surface area contributed by atoms with Crippen molar-refractivity contribution in [1.29, 1.82) is 0 Å². The van der Waals surface area contributed by atoms with E-state index in [1.165, 1.54) is 7.85 Å². The first kappa shape index (κ1) is 46.2. The van der Waals surface area contributed by atoms with Crippen LogP contribution in [0, 0.1) is 5.92 Å². The SMILES string of the molecule is BC(=O)OCc1ccc(NC(=O)[C@H](CCCNC(N)=O)NC(=O)C(NC(=O)CCC(C)(C)OCCC(C)(C)NC(=O)CCN2C(=O)CCC2=O)C(C)C)cc1. The van der Waals surface area contributed by atoms with Crippen LogP contribution in [-0.2, 0) is 44.8 Å². The fraction of sp³-hybridized carbons (Fsp3) is 0.622. The van der Waals surface area contributed by atoms with Crippen LogP contribution in [0.4, 0.5) is 15.3 Å². The van der Waals surface area contributed by atoms with E-state index in [2.05, 4.69) is 26.6 Å². The highest BCUT2D eigenvalue weighted by atomic mass is 16.5. The number of hydrogen-bond acceptors (Lipinski definition) is 10. The number of carbonyl (C=O) groups is 8. The molecule has 2 atom stereocenters. The summed E-state index contributed by atoms with van der Waals surface area (Å²) in [5, 5.41) is 13.7. The number of benzene rings is 1. The fourth-order valence-corrected chi connectivity index (χ4v) is 5.58. The predicted octanol–water partition coefficient (Wildman–Crippen LogP) is 1.37. The molecule has 2 rings (SSSR count). The third kappa shape index (κ3) is 17.8. The number of nitrogens with zero attached hydrogens (tertiary/aromatic N) is 1. The molecular weight excluding hydrogens is 713 g/mol. The lowest BCUT2D eigenvalue weighted by Crippen LogP contribution is -2.54. The minimum Gasteiger partial charge on any atom is -0.469 e. The molecule has 18 heteroatoms. The number of hydrogen-bond donors (Lipinski definition) is 6. The Balaban J connectivity index is 1.91. The van der Waals surface area contributed by atoms with Crippen LogP contribution in [0.1, 0.15) is 98.5 Å².